The van der Waals surface area contributed by atoms with E-state index in [4.69, 9.17) is 4.42 Å². The third-order valence-electron chi connectivity index (χ3n) is 17.9. The molecule has 0 amide bonds. The molecule has 2 aliphatic carbocycles. The second-order valence-electron chi connectivity index (χ2n) is 28.1. The van der Waals surface area contributed by atoms with Crippen LogP contribution in [0.3, 0.4) is 0 Å². The van der Waals surface area contributed by atoms with Gasteiger partial charge in [0.1, 0.15) is 5.58 Å². The predicted octanol–water partition coefficient (Wildman–Crippen LogP) is 17.1. The smallest absolute Gasteiger partial charge is 0.297 e. The standard InChI is InChI=1S/C67H79BN2O/c1-40-33-55-58-56(34-40)70(53-28-25-44(63(8,9)10)35-46(53)41-19-21-42(22-20-41)61(2,3)4)54-38-50-49(65(13,14)30-31-66(50,15)16)37-52(54)68(58)60-59(69(55)45-26-23-43(24-27-45)62(5,6)7)47-36-48-51(39-57(47)71-60)67(17,18)32-29-64(48,11)12/h19-28,33-39H,29-32H2,1-18H3. The quantitative estimate of drug-likeness (QED) is 0.165. The Balaban J connectivity index is 1.28. The van der Waals surface area contributed by atoms with Crippen LogP contribution >= 0.6 is 0 Å². The zero-order chi connectivity index (χ0) is 50.9. The lowest BCUT2D eigenvalue weighted by molar-refractivity contribution is 0.332. The highest BCUT2D eigenvalue weighted by atomic mass is 16.3. The van der Waals surface area contributed by atoms with Gasteiger partial charge in [0.05, 0.1) is 17.0 Å². The van der Waals surface area contributed by atoms with Gasteiger partial charge in [-0.1, -0.05) is 166 Å². The highest BCUT2D eigenvalue weighted by Crippen LogP contribution is 2.54. The largest absolute Gasteiger partial charge is 0.468 e. The average Bonchev–Trinajstić information content (AvgIpc) is 3.66. The molecule has 4 heteroatoms. The van der Waals surface area contributed by atoms with Gasteiger partial charge in [-0.25, -0.2) is 0 Å². The minimum Gasteiger partial charge on any atom is -0.468 e. The highest BCUT2D eigenvalue weighted by Gasteiger charge is 2.50. The van der Waals surface area contributed by atoms with Crippen LogP contribution in [-0.2, 0) is 37.9 Å². The maximum absolute atomic E-state index is 7.69. The third-order valence-corrected chi connectivity index (χ3v) is 17.9. The molecule has 71 heavy (non-hydrogen) atoms. The van der Waals surface area contributed by atoms with E-state index in [1.165, 1.54) is 100 Å². The van der Waals surface area contributed by atoms with Crippen molar-refractivity contribution in [2.75, 3.05) is 9.80 Å². The van der Waals surface area contributed by atoms with Gasteiger partial charge in [0.25, 0.3) is 6.71 Å². The van der Waals surface area contributed by atoms with Crippen molar-refractivity contribution in [2.24, 2.45) is 0 Å². The molecule has 0 bridgehead atoms. The SMILES string of the molecule is Cc1cc2c3c(c1)N(c1ccc(C(C)(C)C)cc1)c1c(oc4cc5c(cc14)C(C)(C)CCC5(C)C)B3c1cc3c(cc1N2c1ccc(C(C)(C)C)cc1-c1ccc(C(C)(C)C)cc1)C(C)(C)CCC3(C)C. The number of hydrogen-bond donors (Lipinski definition) is 0. The molecule has 4 aliphatic rings. The Morgan fingerprint density at radius 1 is 0.465 bits per heavy atom. The molecule has 0 saturated heterocycles. The molecule has 0 N–H and O–H groups in total. The van der Waals surface area contributed by atoms with Crippen molar-refractivity contribution in [2.45, 2.75) is 188 Å². The van der Waals surface area contributed by atoms with Gasteiger partial charge in [0.15, 0.2) is 0 Å². The molecule has 6 aromatic carbocycles. The van der Waals surface area contributed by atoms with Gasteiger partial charge in [-0.15, -0.1) is 0 Å². The number of rotatable bonds is 3. The summed E-state index contributed by atoms with van der Waals surface area (Å²) >= 11 is 0. The molecule has 0 fully saturated rings. The molecule has 0 saturated carbocycles. The van der Waals surface area contributed by atoms with Crippen molar-refractivity contribution in [1.82, 2.24) is 0 Å². The summed E-state index contributed by atoms with van der Waals surface area (Å²) in [5.41, 5.74) is 25.6. The first kappa shape index (κ1) is 47.8. The molecule has 1 aromatic heterocycles. The first-order valence-electron chi connectivity index (χ1n) is 26.9. The van der Waals surface area contributed by atoms with E-state index in [0.717, 1.165) is 42.6 Å². The van der Waals surface area contributed by atoms with E-state index in [9.17, 15) is 0 Å². The molecular formula is C67H79BN2O. The Bertz CT molecular complexity index is 3320. The van der Waals surface area contributed by atoms with Gasteiger partial charge in [-0.2, -0.15) is 0 Å². The fourth-order valence-electron chi connectivity index (χ4n) is 13.0. The minimum atomic E-state index is -0.132. The summed E-state index contributed by atoms with van der Waals surface area (Å²) in [4.78, 5) is 5.26. The number of fused-ring (bicyclic) bond motifs is 8. The molecule has 366 valence electrons. The number of hydrogen-bond acceptors (Lipinski definition) is 3. The molecule has 3 heterocycles. The molecule has 3 nitrogen and oxygen atoms in total. The minimum absolute atomic E-state index is 0.0110. The number of anilines is 6. The first-order valence-corrected chi connectivity index (χ1v) is 26.9. The van der Waals surface area contributed by atoms with E-state index >= 15 is 0 Å². The Labute approximate surface area is 427 Å². The summed E-state index contributed by atoms with van der Waals surface area (Å²) in [6, 6.07) is 41.4. The van der Waals surface area contributed by atoms with Crippen LogP contribution in [0.1, 0.15) is 188 Å². The van der Waals surface area contributed by atoms with Crippen LogP contribution in [-0.4, -0.2) is 6.71 Å². The Morgan fingerprint density at radius 2 is 0.930 bits per heavy atom. The van der Waals surface area contributed by atoms with Crippen LogP contribution in [0.5, 0.6) is 0 Å². The van der Waals surface area contributed by atoms with E-state index in [2.05, 4.69) is 238 Å². The van der Waals surface area contributed by atoms with Gasteiger partial charge in [-0.3, -0.25) is 0 Å². The summed E-state index contributed by atoms with van der Waals surface area (Å²) in [5.74, 6) is 0. The number of furan rings is 1. The van der Waals surface area contributed by atoms with Crippen LogP contribution < -0.4 is 26.4 Å². The van der Waals surface area contributed by atoms with Crippen molar-refractivity contribution in [1.29, 1.82) is 0 Å². The topological polar surface area (TPSA) is 19.6 Å². The second kappa shape index (κ2) is 15.3. The fraction of sp³-hybridized carbons (Fsp3) is 0.433. The lowest BCUT2D eigenvalue weighted by atomic mass is 9.35. The zero-order valence-corrected chi connectivity index (χ0v) is 46.5. The normalized spacial score (nSPS) is 18.4. The van der Waals surface area contributed by atoms with Crippen molar-refractivity contribution in [3.63, 3.8) is 0 Å². The maximum Gasteiger partial charge on any atom is 0.297 e. The van der Waals surface area contributed by atoms with Crippen LogP contribution in [0.4, 0.5) is 34.1 Å². The molecule has 0 unspecified atom stereocenters. The van der Waals surface area contributed by atoms with Gasteiger partial charge >= 0.3 is 0 Å². The molecule has 0 radical (unpaired) electrons. The summed E-state index contributed by atoms with van der Waals surface area (Å²) in [6.07, 6.45) is 4.61. The lowest BCUT2D eigenvalue weighted by Gasteiger charge is -2.47. The van der Waals surface area contributed by atoms with Gasteiger partial charge < -0.3 is 14.2 Å². The number of nitrogens with zero attached hydrogens (tertiary/aromatic N) is 2. The molecular weight excluding hydrogens is 860 g/mol. The fourth-order valence-corrected chi connectivity index (χ4v) is 13.0. The number of aryl methyl sites for hydroxylation is 1. The first-order chi connectivity index (χ1) is 33.0. The highest BCUT2D eigenvalue weighted by molar-refractivity contribution is 7.00. The predicted molar refractivity (Wildman–Crippen MR) is 307 cm³/mol. The molecule has 2 aliphatic heterocycles. The third kappa shape index (κ3) is 7.49. The summed E-state index contributed by atoms with van der Waals surface area (Å²) in [5, 5.41) is 1.21. The van der Waals surface area contributed by atoms with E-state index in [0.29, 0.717) is 0 Å². The van der Waals surface area contributed by atoms with E-state index in [1.807, 2.05) is 0 Å². The molecule has 0 spiro atoms. The van der Waals surface area contributed by atoms with E-state index in [-0.39, 0.29) is 44.6 Å². The molecule has 11 rings (SSSR count). The average molecular weight is 939 g/mol. The van der Waals surface area contributed by atoms with Crippen molar-refractivity contribution in [3.05, 3.63) is 148 Å². The van der Waals surface area contributed by atoms with Crippen LogP contribution in [0, 0.1) is 6.92 Å². The van der Waals surface area contributed by atoms with Gasteiger partial charge in [0, 0.05) is 33.7 Å². The van der Waals surface area contributed by atoms with Crippen LogP contribution in [0.2, 0.25) is 0 Å². The summed E-state index contributed by atoms with van der Waals surface area (Å²) in [7, 11) is 0. The van der Waals surface area contributed by atoms with Crippen molar-refractivity contribution in [3.8, 4) is 11.1 Å². The summed E-state index contributed by atoms with van der Waals surface area (Å²) in [6.45, 7) is 42.7. The molecule has 0 atom stereocenters. The van der Waals surface area contributed by atoms with E-state index < -0.39 is 0 Å². The van der Waals surface area contributed by atoms with Gasteiger partial charge in [-0.05, 0) is 186 Å². The monoisotopic (exact) mass is 939 g/mol. The lowest BCUT2D eigenvalue weighted by Crippen LogP contribution is -2.61. The van der Waals surface area contributed by atoms with Crippen LogP contribution in [0.15, 0.2) is 108 Å². The van der Waals surface area contributed by atoms with Crippen LogP contribution in [0.25, 0.3) is 22.1 Å². The van der Waals surface area contributed by atoms with Gasteiger partial charge in [0.2, 0.25) is 0 Å². The summed E-state index contributed by atoms with van der Waals surface area (Å²) < 4.78 is 7.69. The number of benzene rings is 6. The Hall–Kier alpha value is -5.48. The Kier molecular flexibility index (Phi) is 10.3. The second-order valence-corrected chi connectivity index (χ2v) is 28.1. The van der Waals surface area contributed by atoms with E-state index in [1.54, 1.807) is 0 Å². The maximum atomic E-state index is 7.69. The zero-order valence-electron chi connectivity index (χ0n) is 46.5. The van der Waals surface area contributed by atoms with Crippen molar-refractivity contribution < 1.29 is 4.42 Å². The van der Waals surface area contributed by atoms with Crippen molar-refractivity contribution >= 4 is 68.4 Å². The Morgan fingerprint density at radius 3 is 1.46 bits per heavy atom. The molecule has 7 aromatic rings.